The van der Waals surface area contributed by atoms with Gasteiger partial charge in [0.25, 0.3) is 0 Å². The molecule has 3 aromatic rings. The molecular formula is C23H27FN4O2. The van der Waals surface area contributed by atoms with Gasteiger partial charge in [0.15, 0.2) is 11.7 Å². The van der Waals surface area contributed by atoms with E-state index in [1.54, 1.807) is 17.3 Å². The van der Waals surface area contributed by atoms with Crippen LogP contribution in [0.1, 0.15) is 31.9 Å². The van der Waals surface area contributed by atoms with Crippen molar-refractivity contribution in [2.45, 2.75) is 51.9 Å². The fraction of sp³-hybridized carbons (Fsp3) is 0.435. The van der Waals surface area contributed by atoms with E-state index in [1.807, 2.05) is 45.0 Å². The number of aryl methyl sites for hydroxylation is 1. The number of pyridine rings is 1. The average Bonchev–Trinajstić information content (AvgIpc) is 3.15. The van der Waals surface area contributed by atoms with Crippen molar-refractivity contribution in [2.75, 3.05) is 13.1 Å². The third-order valence-electron chi connectivity index (χ3n) is 5.46. The van der Waals surface area contributed by atoms with Gasteiger partial charge < -0.3 is 14.6 Å². The molecule has 6 nitrogen and oxygen atoms in total. The summed E-state index contributed by atoms with van der Waals surface area (Å²) in [4.78, 5) is 22.9. The van der Waals surface area contributed by atoms with Gasteiger partial charge in [-0.25, -0.2) is 9.37 Å². The zero-order valence-corrected chi connectivity index (χ0v) is 17.6. The van der Waals surface area contributed by atoms with E-state index >= 15 is 0 Å². The first kappa shape index (κ1) is 20.5. The number of piperidine rings is 1. The summed E-state index contributed by atoms with van der Waals surface area (Å²) in [6.07, 6.45) is 3.20. The van der Waals surface area contributed by atoms with Crippen LogP contribution < -0.4 is 5.32 Å². The summed E-state index contributed by atoms with van der Waals surface area (Å²) in [5, 5.41) is 5.20. The second-order valence-electron chi connectivity index (χ2n) is 8.23. The Morgan fingerprint density at radius 1 is 1.27 bits per heavy atom. The Balaban J connectivity index is 1.46. The smallest absolute Gasteiger partial charge is 0.228 e. The molecule has 7 heteroatoms. The van der Waals surface area contributed by atoms with Gasteiger partial charge in [0.05, 0.1) is 24.9 Å². The topological polar surface area (TPSA) is 71.3 Å². The number of benzene rings is 1. The maximum atomic E-state index is 14.5. The van der Waals surface area contributed by atoms with E-state index in [4.69, 9.17) is 4.42 Å². The molecule has 158 valence electrons. The van der Waals surface area contributed by atoms with Crippen LogP contribution in [0.4, 0.5) is 4.39 Å². The van der Waals surface area contributed by atoms with Gasteiger partial charge in [-0.05, 0) is 23.9 Å². The predicted octanol–water partition coefficient (Wildman–Crippen LogP) is 3.68. The quantitative estimate of drug-likeness (QED) is 0.695. The molecular weight excluding hydrogens is 383 g/mol. The lowest BCUT2D eigenvalue weighted by molar-refractivity contribution is -0.133. The molecule has 1 aromatic carbocycles. The van der Waals surface area contributed by atoms with E-state index in [1.165, 1.54) is 0 Å². The highest BCUT2D eigenvalue weighted by atomic mass is 19.1. The van der Waals surface area contributed by atoms with Crippen molar-refractivity contribution < 1.29 is 13.6 Å². The van der Waals surface area contributed by atoms with Crippen molar-refractivity contribution in [3.63, 3.8) is 0 Å². The van der Waals surface area contributed by atoms with E-state index in [9.17, 15) is 9.18 Å². The lowest BCUT2D eigenvalue weighted by atomic mass is 10.0. The number of fused-ring (bicyclic) bond motifs is 1. The van der Waals surface area contributed by atoms with Crippen LogP contribution in [0.2, 0.25) is 0 Å². The van der Waals surface area contributed by atoms with Gasteiger partial charge in [-0.15, -0.1) is 0 Å². The zero-order chi connectivity index (χ0) is 21.3. The number of aromatic nitrogens is 2. The lowest BCUT2D eigenvalue weighted by Crippen LogP contribution is -2.54. The monoisotopic (exact) mass is 410 g/mol. The van der Waals surface area contributed by atoms with Gasteiger partial charge in [-0.3, -0.25) is 9.78 Å². The molecule has 2 aromatic heterocycles. The molecule has 0 aliphatic carbocycles. The molecule has 0 saturated carbocycles. The van der Waals surface area contributed by atoms with Crippen LogP contribution in [-0.2, 0) is 11.2 Å². The Kier molecular flexibility index (Phi) is 5.81. The Morgan fingerprint density at radius 2 is 2.10 bits per heavy atom. The molecule has 0 radical (unpaired) electrons. The number of oxazole rings is 1. The Bertz CT molecular complexity index is 1050. The molecule has 0 unspecified atom stereocenters. The highest BCUT2D eigenvalue weighted by Gasteiger charge is 2.31. The van der Waals surface area contributed by atoms with Crippen molar-refractivity contribution in [1.82, 2.24) is 20.2 Å². The highest BCUT2D eigenvalue weighted by Crippen LogP contribution is 2.25. The summed E-state index contributed by atoms with van der Waals surface area (Å²) in [7, 11) is 0. The zero-order valence-electron chi connectivity index (χ0n) is 17.6. The molecule has 30 heavy (non-hydrogen) atoms. The fourth-order valence-electron chi connectivity index (χ4n) is 3.95. The third-order valence-corrected chi connectivity index (χ3v) is 5.46. The van der Waals surface area contributed by atoms with Crippen LogP contribution in [0, 0.1) is 6.92 Å². The Labute approximate surface area is 175 Å². The van der Waals surface area contributed by atoms with Crippen LogP contribution in [0.15, 0.2) is 41.1 Å². The first-order chi connectivity index (χ1) is 14.4. The SMILES string of the molecule is Cc1ncc(-c2ccc3cnc(CC(=O)N4CC[C@H](NC(C)C)[C@@H](F)C4)cc3c2)o1. The molecule has 3 heterocycles. The summed E-state index contributed by atoms with van der Waals surface area (Å²) in [5.41, 5.74) is 1.60. The van der Waals surface area contributed by atoms with Crippen molar-refractivity contribution in [3.8, 4) is 11.3 Å². The van der Waals surface area contributed by atoms with Crippen LogP contribution in [0.5, 0.6) is 0 Å². The Hall–Kier alpha value is -2.80. The summed E-state index contributed by atoms with van der Waals surface area (Å²) in [6.45, 7) is 6.51. The molecule has 1 aliphatic rings. The van der Waals surface area contributed by atoms with Crippen LogP contribution >= 0.6 is 0 Å². The van der Waals surface area contributed by atoms with Crippen LogP contribution in [0.25, 0.3) is 22.1 Å². The number of halogens is 1. The number of hydrogen-bond donors (Lipinski definition) is 1. The number of carbonyl (C=O) groups excluding carboxylic acids is 1. The molecule has 1 aliphatic heterocycles. The minimum atomic E-state index is -1.05. The average molecular weight is 410 g/mol. The molecule has 0 spiro atoms. The summed E-state index contributed by atoms with van der Waals surface area (Å²) in [6, 6.07) is 7.90. The summed E-state index contributed by atoms with van der Waals surface area (Å²) < 4.78 is 20.1. The summed E-state index contributed by atoms with van der Waals surface area (Å²) in [5.74, 6) is 1.23. The van der Waals surface area contributed by atoms with Crippen molar-refractivity contribution >= 4 is 16.7 Å². The van der Waals surface area contributed by atoms with Gasteiger partial charge in [0, 0.05) is 42.7 Å². The van der Waals surface area contributed by atoms with Crippen LogP contribution in [-0.4, -0.2) is 52.1 Å². The normalized spacial score (nSPS) is 19.6. The van der Waals surface area contributed by atoms with Gasteiger partial charge in [0.2, 0.25) is 5.91 Å². The largest absolute Gasteiger partial charge is 0.441 e. The second-order valence-corrected chi connectivity index (χ2v) is 8.23. The number of nitrogens with zero attached hydrogens (tertiary/aromatic N) is 3. The molecule has 1 amide bonds. The van der Waals surface area contributed by atoms with E-state index in [0.29, 0.717) is 30.3 Å². The fourth-order valence-corrected chi connectivity index (χ4v) is 3.95. The van der Waals surface area contributed by atoms with Gasteiger partial charge in [-0.2, -0.15) is 0 Å². The van der Waals surface area contributed by atoms with Crippen LogP contribution in [0.3, 0.4) is 0 Å². The molecule has 1 fully saturated rings. The first-order valence-corrected chi connectivity index (χ1v) is 10.4. The number of carbonyl (C=O) groups is 1. The minimum absolute atomic E-state index is 0.0884. The lowest BCUT2D eigenvalue weighted by Gasteiger charge is -2.36. The number of nitrogens with one attached hydrogen (secondary N) is 1. The molecule has 0 bridgehead atoms. The standard InChI is InChI=1S/C23H27FN4O2/c1-14(2)27-21-6-7-28(13-20(21)24)23(29)10-19-9-18-8-16(4-5-17(18)11-26-19)22-12-25-15(3)30-22/h4-5,8-9,11-12,14,20-21,27H,6-7,10,13H2,1-3H3/t20-,21-/m0/s1. The van der Waals surface area contributed by atoms with E-state index in [0.717, 1.165) is 16.3 Å². The van der Waals surface area contributed by atoms with Gasteiger partial charge >= 0.3 is 0 Å². The number of hydrogen-bond acceptors (Lipinski definition) is 5. The van der Waals surface area contributed by atoms with Crippen molar-refractivity contribution in [1.29, 1.82) is 0 Å². The minimum Gasteiger partial charge on any atom is -0.441 e. The van der Waals surface area contributed by atoms with E-state index in [2.05, 4.69) is 15.3 Å². The number of alkyl halides is 1. The molecule has 1 saturated heterocycles. The van der Waals surface area contributed by atoms with Gasteiger partial charge in [0.1, 0.15) is 6.17 Å². The number of rotatable bonds is 5. The van der Waals surface area contributed by atoms with E-state index in [-0.39, 0.29) is 31.0 Å². The van der Waals surface area contributed by atoms with Crippen molar-refractivity contribution in [2.24, 2.45) is 0 Å². The molecule has 4 rings (SSSR count). The number of amides is 1. The maximum Gasteiger partial charge on any atom is 0.228 e. The van der Waals surface area contributed by atoms with Gasteiger partial charge in [-0.1, -0.05) is 26.0 Å². The molecule has 1 N–H and O–H groups in total. The predicted molar refractivity (Wildman–Crippen MR) is 114 cm³/mol. The van der Waals surface area contributed by atoms with E-state index < -0.39 is 6.17 Å². The second kappa shape index (κ2) is 8.52. The first-order valence-electron chi connectivity index (χ1n) is 10.4. The highest BCUT2D eigenvalue weighted by molar-refractivity contribution is 5.87. The third kappa shape index (κ3) is 4.51. The number of likely N-dealkylation sites (tertiary alicyclic amines) is 1. The van der Waals surface area contributed by atoms with Crippen molar-refractivity contribution in [3.05, 3.63) is 48.2 Å². The summed E-state index contributed by atoms with van der Waals surface area (Å²) >= 11 is 0. The Morgan fingerprint density at radius 3 is 2.80 bits per heavy atom. The molecule has 2 atom stereocenters. The maximum absolute atomic E-state index is 14.5.